The highest BCUT2D eigenvalue weighted by Crippen LogP contribution is 2.45. The maximum atomic E-state index is 13.5. The molecule has 1 aromatic rings. The van der Waals surface area contributed by atoms with E-state index in [1.54, 1.807) is 6.92 Å². The fourth-order valence-corrected chi connectivity index (χ4v) is 2.47. The summed E-state index contributed by atoms with van der Waals surface area (Å²) in [5, 5.41) is 17.9. The van der Waals surface area contributed by atoms with Gasteiger partial charge in [0.15, 0.2) is 0 Å². The lowest BCUT2D eigenvalue weighted by molar-refractivity contribution is -0.137. The van der Waals surface area contributed by atoms with E-state index in [9.17, 15) is 14.0 Å². The van der Waals surface area contributed by atoms with Crippen molar-refractivity contribution in [1.29, 1.82) is 0 Å². The summed E-state index contributed by atoms with van der Waals surface area (Å²) in [6.07, 6.45) is 1.84. The molecule has 1 aliphatic carbocycles. The number of hydrogen-bond acceptors (Lipinski definition) is 2. The topological polar surface area (TPSA) is 74.6 Å². The quantitative estimate of drug-likeness (QED) is 0.859. The molecule has 0 aliphatic heterocycles. The van der Waals surface area contributed by atoms with Gasteiger partial charge < -0.3 is 10.2 Å². The minimum absolute atomic E-state index is 0.0454. The van der Waals surface area contributed by atoms with Gasteiger partial charge in [0.25, 0.3) is 0 Å². The van der Waals surface area contributed by atoms with Gasteiger partial charge in [-0.3, -0.25) is 4.79 Å². The number of carbonyl (C=O) groups is 2. The van der Waals surface area contributed by atoms with E-state index in [4.69, 9.17) is 10.2 Å². The van der Waals surface area contributed by atoms with E-state index in [0.717, 1.165) is 12.8 Å². The predicted molar refractivity (Wildman–Crippen MR) is 65.8 cm³/mol. The second-order valence-electron chi connectivity index (χ2n) is 5.04. The van der Waals surface area contributed by atoms with E-state index in [2.05, 4.69) is 0 Å². The highest BCUT2D eigenvalue weighted by molar-refractivity contribution is 5.88. The minimum Gasteiger partial charge on any atom is -0.481 e. The normalized spacial score (nSPS) is 16.1. The molecule has 1 aromatic carbocycles. The van der Waals surface area contributed by atoms with E-state index in [1.807, 2.05) is 0 Å². The first-order valence-corrected chi connectivity index (χ1v) is 6.15. The van der Waals surface area contributed by atoms with Crippen LogP contribution in [0.3, 0.4) is 0 Å². The lowest BCUT2D eigenvalue weighted by Crippen LogP contribution is -2.12. The number of aromatic carboxylic acids is 1. The number of aryl methyl sites for hydroxylation is 1. The fourth-order valence-electron chi connectivity index (χ4n) is 2.47. The third-order valence-corrected chi connectivity index (χ3v) is 3.57. The van der Waals surface area contributed by atoms with Gasteiger partial charge in [0.2, 0.25) is 0 Å². The van der Waals surface area contributed by atoms with Gasteiger partial charge in [-0.1, -0.05) is 0 Å². The number of aliphatic carboxylic acids is 1. The van der Waals surface area contributed by atoms with E-state index in [-0.39, 0.29) is 18.3 Å². The zero-order valence-corrected chi connectivity index (χ0v) is 10.5. The molecule has 1 fully saturated rings. The molecule has 0 saturated heterocycles. The number of benzene rings is 1. The van der Waals surface area contributed by atoms with Crippen LogP contribution in [0.2, 0.25) is 0 Å². The summed E-state index contributed by atoms with van der Waals surface area (Å²) in [5.41, 5.74) is 0.862. The summed E-state index contributed by atoms with van der Waals surface area (Å²) in [4.78, 5) is 21.9. The zero-order chi connectivity index (χ0) is 14.2. The molecule has 4 nitrogen and oxygen atoms in total. The van der Waals surface area contributed by atoms with Crippen LogP contribution in [-0.4, -0.2) is 22.2 Å². The molecule has 0 bridgehead atoms. The first-order valence-electron chi connectivity index (χ1n) is 6.15. The molecule has 19 heavy (non-hydrogen) atoms. The number of rotatable bonds is 5. The van der Waals surface area contributed by atoms with Crippen molar-refractivity contribution < 1.29 is 24.2 Å². The molecule has 0 radical (unpaired) electrons. The van der Waals surface area contributed by atoms with Crippen LogP contribution in [0.25, 0.3) is 0 Å². The summed E-state index contributed by atoms with van der Waals surface area (Å²) in [6.45, 7) is 1.68. The molecule has 1 saturated carbocycles. The summed E-state index contributed by atoms with van der Waals surface area (Å²) >= 11 is 0. The Morgan fingerprint density at radius 3 is 2.47 bits per heavy atom. The molecule has 2 rings (SSSR count). The summed E-state index contributed by atoms with van der Waals surface area (Å²) < 4.78 is 13.5. The lowest BCUT2D eigenvalue weighted by atomic mass is 9.87. The predicted octanol–water partition coefficient (Wildman–Crippen LogP) is 2.80. The Kier molecular flexibility index (Phi) is 3.55. The zero-order valence-electron chi connectivity index (χ0n) is 10.5. The van der Waals surface area contributed by atoms with Gasteiger partial charge in [-0.15, -0.1) is 0 Å². The number of halogens is 1. The number of carboxylic acids is 2. The van der Waals surface area contributed by atoms with Crippen molar-refractivity contribution in [1.82, 2.24) is 0 Å². The molecule has 102 valence electrons. The first kappa shape index (κ1) is 13.5. The third-order valence-electron chi connectivity index (χ3n) is 3.57. The highest BCUT2D eigenvalue weighted by atomic mass is 19.1. The Labute approximate surface area is 109 Å². The molecule has 5 heteroatoms. The van der Waals surface area contributed by atoms with Crippen molar-refractivity contribution in [3.63, 3.8) is 0 Å². The average molecular weight is 266 g/mol. The van der Waals surface area contributed by atoms with Crippen LogP contribution in [0, 0.1) is 18.7 Å². The molecular weight excluding hydrogens is 251 g/mol. The van der Waals surface area contributed by atoms with Crippen LogP contribution < -0.4 is 0 Å². The molecule has 0 aromatic heterocycles. The maximum Gasteiger partial charge on any atom is 0.338 e. The maximum absolute atomic E-state index is 13.5. The van der Waals surface area contributed by atoms with Crippen molar-refractivity contribution in [2.45, 2.75) is 32.1 Å². The van der Waals surface area contributed by atoms with Crippen molar-refractivity contribution in [2.24, 2.45) is 5.92 Å². The van der Waals surface area contributed by atoms with Gasteiger partial charge in [-0.2, -0.15) is 0 Å². The van der Waals surface area contributed by atoms with Gasteiger partial charge in [0.05, 0.1) is 12.0 Å². The van der Waals surface area contributed by atoms with E-state index in [1.165, 1.54) is 12.1 Å². The Balaban J connectivity index is 2.43. The largest absolute Gasteiger partial charge is 0.481 e. The summed E-state index contributed by atoms with van der Waals surface area (Å²) in [6, 6.07) is 2.47. The van der Waals surface area contributed by atoms with E-state index < -0.39 is 23.3 Å². The van der Waals surface area contributed by atoms with Crippen molar-refractivity contribution in [3.8, 4) is 0 Å². The van der Waals surface area contributed by atoms with Crippen LogP contribution in [0.5, 0.6) is 0 Å². The Morgan fingerprint density at radius 1 is 1.37 bits per heavy atom. The molecule has 0 spiro atoms. The van der Waals surface area contributed by atoms with Gasteiger partial charge in [-0.25, -0.2) is 9.18 Å². The second-order valence-corrected chi connectivity index (χ2v) is 5.04. The SMILES string of the molecule is Cc1cc(F)c(C(=O)O)cc1C(CC(=O)O)C1CC1. The van der Waals surface area contributed by atoms with Gasteiger partial charge in [-0.05, 0) is 54.9 Å². The standard InChI is InChI=1S/C14H15FO4/c1-7-4-12(15)11(14(18)19)5-9(7)10(6-13(16)17)8-2-3-8/h4-5,8,10H,2-3,6H2,1H3,(H,16,17)(H,18,19). The smallest absolute Gasteiger partial charge is 0.338 e. The molecule has 1 atom stereocenters. The number of hydrogen-bond donors (Lipinski definition) is 2. The monoisotopic (exact) mass is 266 g/mol. The second kappa shape index (κ2) is 4.99. The molecule has 2 N–H and O–H groups in total. The lowest BCUT2D eigenvalue weighted by Gasteiger charge is -2.18. The van der Waals surface area contributed by atoms with Crippen molar-refractivity contribution in [3.05, 3.63) is 34.6 Å². The highest BCUT2D eigenvalue weighted by Gasteiger charge is 2.35. The summed E-state index contributed by atoms with van der Waals surface area (Å²) in [5.74, 6) is -2.99. The van der Waals surface area contributed by atoms with Gasteiger partial charge in [0.1, 0.15) is 5.82 Å². The third kappa shape index (κ3) is 2.92. The van der Waals surface area contributed by atoms with E-state index >= 15 is 0 Å². The molecule has 0 amide bonds. The fraction of sp³-hybridized carbons (Fsp3) is 0.429. The number of carboxylic acid groups (broad SMARTS) is 2. The van der Waals surface area contributed by atoms with Crippen LogP contribution in [-0.2, 0) is 4.79 Å². The van der Waals surface area contributed by atoms with Gasteiger partial charge in [0, 0.05) is 0 Å². The van der Waals surface area contributed by atoms with Crippen LogP contribution in [0.1, 0.15) is 46.7 Å². The summed E-state index contributed by atoms with van der Waals surface area (Å²) in [7, 11) is 0. The van der Waals surface area contributed by atoms with Crippen LogP contribution in [0.15, 0.2) is 12.1 Å². The molecule has 0 heterocycles. The first-order chi connectivity index (χ1) is 8.90. The Morgan fingerprint density at radius 2 is 2.00 bits per heavy atom. The molecular formula is C14H15FO4. The van der Waals surface area contributed by atoms with E-state index in [0.29, 0.717) is 11.1 Å². The van der Waals surface area contributed by atoms with Crippen molar-refractivity contribution in [2.75, 3.05) is 0 Å². The van der Waals surface area contributed by atoms with Crippen LogP contribution >= 0.6 is 0 Å². The Bertz CT molecular complexity index is 534. The van der Waals surface area contributed by atoms with Crippen LogP contribution in [0.4, 0.5) is 4.39 Å². The molecule has 1 unspecified atom stereocenters. The molecule has 1 aliphatic rings. The van der Waals surface area contributed by atoms with Crippen molar-refractivity contribution >= 4 is 11.9 Å². The minimum atomic E-state index is -1.33. The average Bonchev–Trinajstić information content (AvgIpc) is 3.09. The Hall–Kier alpha value is -1.91. The van der Waals surface area contributed by atoms with Gasteiger partial charge >= 0.3 is 11.9 Å².